The number of nitrogens with zero attached hydrogens (tertiary/aromatic N) is 1. The van der Waals surface area contributed by atoms with Crippen molar-refractivity contribution in [3.8, 4) is 17.0 Å². The minimum absolute atomic E-state index is 0. The van der Waals surface area contributed by atoms with Crippen molar-refractivity contribution in [3.05, 3.63) is 59.7 Å². The van der Waals surface area contributed by atoms with Crippen LogP contribution < -0.4 is 4.74 Å². The van der Waals surface area contributed by atoms with E-state index in [0.29, 0.717) is 13.0 Å². The molecule has 134 valence electrons. The van der Waals surface area contributed by atoms with Crippen LogP contribution in [-0.2, 0) is 17.6 Å². The van der Waals surface area contributed by atoms with Crippen LogP contribution in [0.5, 0.6) is 5.75 Å². The zero-order chi connectivity index (χ0) is 17.2. The van der Waals surface area contributed by atoms with Crippen molar-refractivity contribution in [2.24, 2.45) is 0 Å². The van der Waals surface area contributed by atoms with E-state index in [1.807, 2.05) is 36.4 Å². The smallest absolute Gasteiger partial charge is 0.303 e. The number of halogens is 1. The fourth-order valence-electron chi connectivity index (χ4n) is 3.38. The number of rotatable bonds is 4. The lowest BCUT2D eigenvalue weighted by Gasteiger charge is -2.22. The molecule has 1 aromatic heterocycles. The Labute approximate surface area is 158 Å². The second kappa shape index (κ2) is 7.75. The van der Waals surface area contributed by atoms with Crippen LogP contribution in [0.25, 0.3) is 22.2 Å². The summed E-state index contributed by atoms with van der Waals surface area (Å²) in [4.78, 5) is 15.7. The predicted octanol–water partition coefficient (Wildman–Crippen LogP) is 4.67. The Balaban J connectivity index is 0.00000196. The van der Waals surface area contributed by atoms with E-state index in [1.165, 1.54) is 0 Å². The number of carboxylic acids is 1. The van der Waals surface area contributed by atoms with Gasteiger partial charge in [0.2, 0.25) is 0 Å². The van der Waals surface area contributed by atoms with Gasteiger partial charge in [-0.1, -0.05) is 36.4 Å². The number of aromatic nitrogens is 1. The average molecular weight is 370 g/mol. The molecule has 1 N–H and O–H groups in total. The van der Waals surface area contributed by atoms with Crippen molar-refractivity contribution in [2.75, 3.05) is 6.61 Å². The van der Waals surface area contributed by atoms with Gasteiger partial charge in [-0.05, 0) is 37.0 Å². The van der Waals surface area contributed by atoms with Gasteiger partial charge in [0, 0.05) is 22.9 Å². The minimum atomic E-state index is -0.782. The first-order chi connectivity index (χ1) is 12.2. The molecule has 2 heterocycles. The van der Waals surface area contributed by atoms with E-state index in [4.69, 9.17) is 14.8 Å². The van der Waals surface area contributed by atoms with Gasteiger partial charge in [-0.25, -0.2) is 4.98 Å². The first kappa shape index (κ1) is 18.2. The molecule has 3 aromatic rings. The first-order valence-corrected chi connectivity index (χ1v) is 8.58. The molecule has 4 rings (SSSR count). The van der Waals surface area contributed by atoms with Gasteiger partial charge in [0.05, 0.1) is 17.8 Å². The summed E-state index contributed by atoms with van der Waals surface area (Å²) >= 11 is 0. The molecular formula is C21H20ClNO3. The number of carboxylic acid groups (broad SMARTS) is 1. The summed E-state index contributed by atoms with van der Waals surface area (Å²) in [5.41, 5.74) is 5.13. The average Bonchev–Trinajstić information content (AvgIpc) is 2.66. The zero-order valence-corrected chi connectivity index (χ0v) is 15.1. The number of aliphatic carboxylic acids is 1. The molecule has 0 spiro atoms. The Kier molecular flexibility index (Phi) is 5.43. The Bertz CT molecular complexity index is 941. The molecule has 4 nitrogen and oxygen atoms in total. The van der Waals surface area contributed by atoms with Gasteiger partial charge >= 0.3 is 5.97 Å². The monoisotopic (exact) mass is 369 g/mol. The number of hydrogen-bond acceptors (Lipinski definition) is 3. The van der Waals surface area contributed by atoms with E-state index in [0.717, 1.165) is 51.9 Å². The third kappa shape index (κ3) is 3.51. The molecule has 1 aliphatic heterocycles. The Morgan fingerprint density at radius 2 is 1.96 bits per heavy atom. The van der Waals surface area contributed by atoms with Crippen LogP contribution in [0.4, 0.5) is 0 Å². The molecule has 1 aliphatic rings. The zero-order valence-electron chi connectivity index (χ0n) is 14.3. The van der Waals surface area contributed by atoms with Crippen LogP contribution in [-0.4, -0.2) is 22.7 Å². The van der Waals surface area contributed by atoms with Crippen LogP contribution in [0, 0.1) is 0 Å². The molecule has 26 heavy (non-hydrogen) atoms. The normalized spacial score (nSPS) is 12.8. The molecule has 0 saturated heterocycles. The summed E-state index contributed by atoms with van der Waals surface area (Å²) in [6.45, 7) is 0.708. The Hall–Kier alpha value is -2.59. The van der Waals surface area contributed by atoms with E-state index in [1.54, 1.807) is 0 Å². The van der Waals surface area contributed by atoms with Gasteiger partial charge < -0.3 is 9.84 Å². The molecule has 0 aliphatic carbocycles. The lowest BCUT2D eigenvalue weighted by atomic mass is 9.96. The number of hydrogen-bond donors (Lipinski definition) is 1. The van der Waals surface area contributed by atoms with Gasteiger partial charge in [-0.2, -0.15) is 0 Å². The molecule has 0 fully saturated rings. The van der Waals surface area contributed by atoms with Crippen molar-refractivity contribution in [3.63, 3.8) is 0 Å². The summed E-state index contributed by atoms with van der Waals surface area (Å²) in [6, 6.07) is 16.2. The van der Waals surface area contributed by atoms with Crippen molar-refractivity contribution in [2.45, 2.75) is 25.7 Å². The van der Waals surface area contributed by atoms with E-state index in [-0.39, 0.29) is 18.8 Å². The second-order valence-corrected chi connectivity index (χ2v) is 6.33. The van der Waals surface area contributed by atoms with E-state index in [9.17, 15) is 4.79 Å². The van der Waals surface area contributed by atoms with Gasteiger partial charge in [0.15, 0.2) is 0 Å². The topological polar surface area (TPSA) is 59.4 Å². The summed E-state index contributed by atoms with van der Waals surface area (Å²) in [6.07, 6.45) is 2.57. The summed E-state index contributed by atoms with van der Waals surface area (Å²) in [7, 11) is 0. The molecule has 2 aromatic carbocycles. The van der Waals surface area contributed by atoms with Gasteiger partial charge in [-0.15, -0.1) is 12.4 Å². The highest BCUT2D eigenvalue weighted by Crippen LogP contribution is 2.39. The summed E-state index contributed by atoms with van der Waals surface area (Å²) in [5, 5.41) is 9.89. The molecule has 0 saturated carbocycles. The lowest BCUT2D eigenvalue weighted by molar-refractivity contribution is -0.136. The number of carbonyl (C=O) groups is 1. The highest BCUT2D eigenvalue weighted by atomic mass is 35.5. The van der Waals surface area contributed by atoms with Crippen molar-refractivity contribution in [1.82, 2.24) is 4.98 Å². The highest BCUT2D eigenvalue weighted by Gasteiger charge is 2.20. The van der Waals surface area contributed by atoms with Crippen LogP contribution in [0.15, 0.2) is 48.5 Å². The first-order valence-electron chi connectivity index (χ1n) is 8.58. The maximum absolute atomic E-state index is 10.8. The number of pyridine rings is 1. The van der Waals surface area contributed by atoms with Crippen LogP contribution >= 0.6 is 12.4 Å². The minimum Gasteiger partial charge on any atom is -0.493 e. The number of ether oxygens (including phenoxy) is 1. The highest BCUT2D eigenvalue weighted by molar-refractivity contribution is 5.91. The van der Waals surface area contributed by atoms with E-state index >= 15 is 0 Å². The maximum Gasteiger partial charge on any atom is 0.303 e. The Morgan fingerprint density at radius 3 is 2.73 bits per heavy atom. The largest absolute Gasteiger partial charge is 0.493 e. The summed E-state index contributed by atoms with van der Waals surface area (Å²) in [5.74, 6) is 0.128. The molecule has 0 unspecified atom stereocenters. The van der Waals surface area contributed by atoms with Crippen LogP contribution in [0.2, 0.25) is 0 Å². The van der Waals surface area contributed by atoms with Gasteiger partial charge in [-0.3, -0.25) is 4.79 Å². The van der Waals surface area contributed by atoms with Gasteiger partial charge in [0.25, 0.3) is 0 Å². The molecule has 0 amide bonds. The molecule has 0 bridgehead atoms. The maximum atomic E-state index is 10.8. The van der Waals surface area contributed by atoms with E-state index < -0.39 is 5.97 Å². The fourth-order valence-corrected chi connectivity index (χ4v) is 3.38. The van der Waals surface area contributed by atoms with Crippen LogP contribution in [0.3, 0.4) is 0 Å². The quantitative estimate of drug-likeness (QED) is 0.726. The van der Waals surface area contributed by atoms with Crippen molar-refractivity contribution < 1.29 is 14.6 Å². The van der Waals surface area contributed by atoms with E-state index in [2.05, 4.69) is 12.1 Å². The third-order valence-corrected chi connectivity index (χ3v) is 4.59. The predicted molar refractivity (Wildman–Crippen MR) is 104 cm³/mol. The Morgan fingerprint density at radius 1 is 1.15 bits per heavy atom. The number of benzene rings is 2. The van der Waals surface area contributed by atoms with Crippen LogP contribution in [0.1, 0.15) is 24.0 Å². The second-order valence-electron chi connectivity index (χ2n) is 6.33. The number of fused-ring (bicyclic) bond motifs is 3. The van der Waals surface area contributed by atoms with Crippen molar-refractivity contribution in [1.29, 1.82) is 0 Å². The molecule has 0 atom stereocenters. The molecule has 5 heteroatoms. The molecule has 0 radical (unpaired) electrons. The molecular weight excluding hydrogens is 350 g/mol. The summed E-state index contributed by atoms with van der Waals surface area (Å²) < 4.78 is 6.02. The van der Waals surface area contributed by atoms with Crippen molar-refractivity contribution >= 4 is 29.3 Å². The lowest BCUT2D eigenvalue weighted by Crippen LogP contribution is -2.11. The standard InChI is InChI=1S/C21H19NO3.ClH/c23-19(24)11-9-14-8-10-18-17(13-14)21-16(7-4-12-25-21)20(22-18)15-5-2-1-3-6-15;/h1-3,5-6,8,10,13H,4,7,9,11-12H2,(H,23,24);1H. The SMILES string of the molecule is Cl.O=C(O)CCc1ccc2nc(-c3ccccc3)c3c(c2c1)OCCC3. The fraction of sp³-hybridized carbons (Fsp3) is 0.238. The van der Waals surface area contributed by atoms with Gasteiger partial charge in [0.1, 0.15) is 5.75 Å². The third-order valence-electron chi connectivity index (χ3n) is 4.59. The number of aryl methyl sites for hydroxylation is 1.